The van der Waals surface area contributed by atoms with Crippen molar-refractivity contribution in [2.24, 2.45) is 11.8 Å². The molecule has 0 N–H and O–H groups in total. The molecular weight excluding hydrogens is 311 g/mol. The Kier molecular flexibility index (Phi) is 10.3. The summed E-state index contributed by atoms with van der Waals surface area (Å²) in [6.45, 7) is 8.97. The molecule has 0 bridgehead atoms. The van der Waals surface area contributed by atoms with Crippen molar-refractivity contribution in [2.45, 2.75) is 41.5 Å². The summed E-state index contributed by atoms with van der Waals surface area (Å²) in [6.07, 6.45) is 1.30. The molecule has 21 heavy (non-hydrogen) atoms. The number of carbonyl (C=O) groups is 1. The first-order valence-electron chi connectivity index (χ1n) is 7.12. The van der Waals surface area contributed by atoms with Crippen LogP contribution in [0.2, 0.25) is 0 Å². The van der Waals surface area contributed by atoms with Crippen LogP contribution in [0.4, 0.5) is 0 Å². The third-order valence-electron chi connectivity index (χ3n) is 2.00. The molecule has 0 aromatic heterocycles. The minimum absolute atomic E-state index is 0.246. The van der Waals surface area contributed by atoms with E-state index in [-0.39, 0.29) is 11.8 Å². The summed E-state index contributed by atoms with van der Waals surface area (Å²) in [5.41, 5.74) is 0. The molecule has 0 saturated heterocycles. The highest BCUT2D eigenvalue weighted by molar-refractivity contribution is 8.57. The van der Waals surface area contributed by atoms with E-state index in [4.69, 9.17) is 13.8 Å². The van der Waals surface area contributed by atoms with Gasteiger partial charge in [0, 0.05) is 11.0 Å². The maximum atomic E-state index is 12.7. The molecule has 0 saturated carbocycles. The Hall–Kier alpha value is -0.290. The lowest BCUT2D eigenvalue weighted by molar-refractivity contribution is -0.137. The highest BCUT2D eigenvalue weighted by atomic mass is 32.7. The van der Waals surface area contributed by atoms with Crippen LogP contribution in [0.3, 0.4) is 0 Å². The maximum Gasteiger partial charge on any atom is 0.393 e. The van der Waals surface area contributed by atoms with E-state index in [9.17, 15) is 9.36 Å². The van der Waals surface area contributed by atoms with Crippen molar-refractivity contribution in [3.63, 3.8) is 0 Å². The summed E-state index contributed by atoms with van der Waals surface area (Å²) in [5.74, 6) is 0.0357. The molecule has 124 valence electrons. The van der Waals surface area contributed by atoms with Crippen LogP contribution in [0.1, 0.15) is 41.5 Å². The molecule has 0 unspecified atom stereocenters. The molecule has 7 heteroatoms. The summed E-state index contributed by atoms with van der Waals surface area (Å²) in [6, 6.07) is 0. The first-order valence-corrected chi connectivity index (χ1v) is 10.1. The fourth-order valence-corrected chi connectivity index (χ4v) is 4.66. The molecule has 0 fully saturated rings. The number of carbonyl (C=O) groups excluding carboxylic acids is 1. The second-order valence-corrected chi connectivity index (χ2v) is 9.55. The molecule has 0 atom stereocenters. The lowest BCUT2D eigenvalue weighted by Gasteiger charge is -2.20. The van der Waals surface area contributed by atoms with Crippen molar-refractivity contribution in [3.8, 4) is 0 Å². The predicted molar refractivity (Wildman–Crippen MR) is 87.2 cm³/mol. The minimum Gasteiger partial charge on any atom is -0.463 e. The Morgan fingerprint density at radius 3 is 2.00 bits per heavy atom. The second kappa shape index (κ2) is 10.4. The van der Waals surface area contributed by atoms with Gasteiger partial charge in [-0.3, -0.25) is 0 Å². The van der Waals surface area contributed by atoms with Crippen LogP contribution >= 0.6 is 18.2 Å². The van der Waals surface area contributed by atoms with E-state index in [1.807, 2.05) is 27.7 Å². The van der Waals surface area contributed by atoms with Crippen LogP contribution < -0.4 is 0 Å². The van der Waals surface area contributed by atoms with E-state index in [0.717, 1.165) is 11.4 Å². The number of allylic oxidation sites excluding steroid dienone is 1. The zero-order valence-electron chi connectivity index (χ0n) is 13.8. The molecule has 5 nitrogen and oxygen atoms in total. The molecule has 0 radical (unpaired) electrons. The molecule has 0 heterocycles. The summed E-state index contributed by atoms with van der Waals surface area (Å²) >= 11 is 0.957. The SMILES string of the molecule is CCOC(=O)C=C(C)SP(=O)(OCC(C)C)OCC(C)C. The normalized spacial score (nSPS) is 13.0. The molecule has 0 amide bonds. The molecule has 0 aromatic carbocycles. The number of ether oxygens (including phenoxy) is 1. The molecule has 0 aliphatic rings. The van der Waals surface area contributed by atoms with Crippen molar-refractivity contribution in [2.75, 3.05) is 19.8 Å². The average molecular weight is 338 g/mol. The van der Waals surface area contributed by atoms with Gasteiger partial charge in [-0.05, 0) is 37.1 Å². The van der Waals surface area contributed by atoms with Gasteiger partial charge in [-0.1, -0.05) is 27.7 Å². The van der Waals surface area contributed by atoms with E-state index >= 15 is 0 Å². The van der Waals surface area contributed by atoms with Gasteiger partial charge in [0.05, 0.1) is 19.8 Å². The zero-order chi connectivity index (χ0) is 16.5. The van der Waals surface area contributed by atoms with Gasteiger partial charge in [0.25, 0.3) is 0 Å². The molecule has 0 rings (SSSR count). The third kappa shape index (κ3) is 11.0. The lowest BCUT2D eigenvalue weighted by Crippen LogP contribution is -2.05. The summed E-state index contributed by atoms with van der Waals surface area (Å²) in [4.78, 5) is 11.9. The minimum atomic E-state index is -3.32. The number of hydrogen-bond donors (Lipinski definition) is 0. The van der Waals surface area contributed by atoms with E-state index in [1.54, 1.807) is 13.8 Å². The van der Waals surface area contributed by atoms with Gasteiger partial charge in [-0.25, -0.2) is 9.36 Å². The van der Waals surface area contributed by atoms with Crippen molar-refractivity contribution in [1.29, 1.82) is 0 Å². The van der Waals surface area contributed by atoms with Gasteiger partial charge >= 0.3 is 12.8 Å². The van der Waals surface area contributed by atoms with Gasteiger partial charge in [-0.15, -0.1) is 0 Å². The standard InChI is InChI=1S/C14H27O5PS/c1-7-17-14(15)8-13(6)21-20(16,18-9-11(2)3)19-10-12(4)5/h8,11-12H,7,9-10H2,1-6H3. The quantitative estimate of drug-likeness (QED) is 0.328. The topological polar surface area (TPSA) is 61.8 Å². The summed E-state index contributed by atoms with van der Waals surface area (Å²) in [5, 5.41) is 0. The Morgan fingerprint density at radius 1 is 1.14 bits per heavy atom. The zero-order valence-corrected chi connectivity index (χ0v) is 15.5. The Balaban J connectivity index is 4.79. The van der Waals surface area contributed by atoms with Crippen LogP contribution in [0.25, 0.3) is 0 Å². The summed E-state index contributed by atoms with van der Waals surface area (Å²) in [7, 11) is 0. The average Bonchev–Trinajstić information content (AvgIpc) is 2.34. The Labute approximate surface area is 132 Å². The smallest absolute Gasteiger partial charge is 0.393 e. The second-order valence-electron chi connectivity index (χ2n) is 5.42. The van der Waals surface area contributed by atoms with Crippen LogP contribution in [0.15, 0.2) is 11.0 Å². The first kappa shape index (κ1) is 20.7. The number of hydrogen-bond acceptors (Lipinski definition) is 6. The fourth-order valence-electron chi connectivity index (χ4n) is 1.12. The van der Waals surface area contributed by atoms with E-state index < -0.39 is 12.8 Å². The molecule has 0 aliphatic heterocycles. The van der Waals surface area contributed by atoms with Crippen molar-refractivity contribution in [3.05, 3.63) is 11.0 Å². The largest absolute Gasteiger partial charge is 0.463 e. The molecule has 0 aromatic rings. The lowest BCUT2D eigenvalue weighted by atomic mass is 10.2. The number of rotatable bonds is 10. The monoisotopic (exact) mass is 338 g/mol. The van der Waals surface area contributed by atoms with Gasteiger partial charge < -0.3 is 13.8 Å². The molecule has 0 aliphatic carbocycles. The molecular formula is C14H27O5PS. The Bertz CT molecular complexity index is 377. The van der Waals surface area contributed by atoms with E-state index in [0.29, 0.717) is 24.7 Å². The predicted octanol–water partition coefficient (Wildman–Crippen LogP) is 4.64. The van der Waals surface area contributed by atoms with Crippen LogP contribution in [-0.2, 0) is 23.1 Å². The highest BCUT2D eigenvalue weighted by Crippen LogP contribution is 2.63. The van der Waals surface area contributed by atoms with E-state index in [1.165, 1.54) is 6.08 Å². The van der Waals surface area contributed by atoms with Gasteiger partial charge in [0.1, 0.15) is 0 Å². The van der Waals surface area contributed by atoms with Crippen molar-refractivity contribution in [1.82, 2.24) is 0 Å². The fraction of sp³-hybridized carbons (Fsp3) is 0.786. The highest BCUT2D eigenvalue weighted by Gasteiger charge is 2.28. The van der Waals surface area contributed by atoms with Crippen molar-refractivity contribution >= 4 is 24.1 Å². The van der Waals surface area contributed by atoms with Crippen LogP contribution in [-0.4, -0.2) is 25.8 Å². The van der Waals surface area contributed by atoms with Gasteiger partial charge in [0.15, 0.2) is 0 Å². The van der Waals surface area contributed by atoms with Crippen LogP contribution in [0, 0.1) is 11.8 Å². The third-order valence-corrected chi connectivity index (χ3v) is 5.72. The first-order chi connectivity index (χ1) is 9.68. The summed E-state index contributed by atoms with van der Waals surface area (Å²) < 4.78 is 28.4. The maximum absolute atomic E-state index is 12.7. The number of esters is 1. The van der Waals surface area contributed by atoms with Gasteiger partial charge in [0.2, 0.25) is 0 Å². The van der Waals surface area contributed by atoms with Crippen molar-refractivity contribution < 1.29 is 23.1 Å². The van der Waals surface area contributed by atoms with E-state index in [2.05, 4.69) is 0 Å². The van der Waals surface area contributed by atoms with Crippen LogP contribution in [0.5, 0.6) is 0 Å². The van der Waals surface area contributed by atoms with Gasteiger partial charge in [-0.2, -0.15) is 0 Å². The Morgan fingerprint density at radius 2 is 1.62 bits per heavy atom. The molecule has 0 spiro atoms.